The molecule has 2 fully saturated rings. The van der Waals surface area contributed by atoms with Crippen LogP contribution in [0.5, 0.6) is 0 Å². The summed E-state index contributed by atoms with van der Waals surface area (Å²) in [5.74, 6) is -0.287. The Kier molecular flexibility index (Phi) is 2.49. The Hall–Kier alpha value is -2.04. The van der Waals surface area contributed by atoms with E-state index in [1.54, 1.807) is 0 Å². The normalized spacial score (nSPS) is 31.8. The number of aromatic nitrogens is 1. The molecule has 4 unspecified atom stereocenters. The lowest BCUT2D eigenvalue weighted by atomic mass is 9.84. The van der Waals surface area contributed by atoms with Crippen molar-refractivity contribution in [3.8, 4) is 0 Å². The van der Waals surface area contributed by atoms with Crippen LogP contribution in [0, 0.1) is 17.8 Å². The van der Waals surface area contributed by atoms with Crippen molar-refractivity contribution in [1.29, 1.82) is 0 Å². The summed E-state index contributed by atoms with van der Waals surface area (Å²) in [7, 11) is 0. The van der Waals surface area contributed by atoms with E-state index in [2.05, 4.69) is 10.3 Å². The zero-order valence-corrected chi connectivity index (χ0v) is 11.0. The SMILES string of the molecule is O=C(O)C1C2CCC(C2)C1Nc1nc2ccccc2o1. The Morgan fingerprint density at radius 2 is 2.10 bits per heavy atom. The van der Waals surface area contributed by atoms with Gasteiger partial charge in [-0.1, -0.05) is 12.1 Å². The lowest BCUT2D eigenvalue weighted by Crippen LogP contribution is -2.39. The minimum absolute atomic E-state index is 0.0562. The van der Waals surface area contributed by atoms with Gasteiger partial charge in [0.25, 0.3) is 6.01 Å². The van der Waals surface area contributed by atoms with Gasteiger partial charge >= 0.3 is 5.97 Å². The van der Waals surface area contributed by atoms with Crippen LogP contribution >= 0.6 is 0 Å². The molecular formula is C15H16N2O3. The van der Waals surface area contributed by atoms with Gasteiger partial charge in [0.1, 0.15) is 5.52 Å². The lowest BCUT2D eigenvalue weighted by Gasteiger charge is -2.28. The maximum absolute atomic E-state index is 11.5. The molecule has 1 aromatic carbocycles. The fraction of sp³-hybridized carbons (Fsp3) is 0.467. The first-order valence-electron chi connectivity index (χ1n) is 7.07. The van der Waals surface area contributed by atoms with Gasteiger partial charge in [-0.2, -0.15) is 4.98 Å². The van der Waals surface area contributed by atoms with Gasteiger partial charge in [0.15, 0.2) is 5.58 Å². The average Bonchev–Trinajstić information content (AvgIpc) is 3.10. The number of hydrogen-bond donors (Lipinski definition) is 2. The third-order valence-electron chi connectivity index (χ3n) is 4.79. The fourth-order valence-corrected chi connectivity index (χ4v) is 3.93. The van der Waals surface area contributed by atoms with Gasteiger partial charge in [-0.15, -0.1) is 0 Å². The van der Waals surface area contributed by atoms with Crippen LogP contribution in [0.4, 0.5) is 6.01 Å². The number of carboxylic acids is 1. The number of hydrogen-bond acceptors (Lipinski definition) is 4. The lowest BCUT2D eigenvalue weighted by molar-refractivity contribution is -0.143. The third-order valence-corrected chi connectivity index (χ3v) is 4.79. The van der Waals surface area contributed by atoms with E-state index in [0.29, 0.717) is 17.9 Å². The van der Waals surface area contributed by atoms with Gasteiger partial charge in [0, 0.05) is 6.04 Å². The highest BCUT2D eigenvalue weighted by molar-refractivity contribution is 5.75. The summed E-state index contributed by atoms with van der Waals surface area (Å²) >= 11 is 0. The number of rotatable bonds is 3. The molecule has 2 N–H and O–H groups in total. The number of anilines is 1. The molecule has 0 radical (unpaired) electrons. The summed E-state index contributed by atoms with van der Waals surface area (Å²) in [6.07, 6.45) is 3.15. The van der Waals surface area contributed by atoms with E-state index in [0.717, 1.165) is 30.4 Å². The van der Waals surface area contributed by atoms with Crippen molar-refractivity contribution in [2.24, 2.45) is 17.8 Å². The number of nitrogens with one attached hydrogen (secondary N) is 1. The predicted octanol–water partition coefficient (Wildman–Crippen LogP) is 2.74. The van der Waals surface area contributed by atoms with Crippen molar-refractivity contribution < 1.29 is 14.3 Å². The van der Waals surface area contributed by atoms with E-state index in [1.807, 2.05) is 24.3 Å². The number of carbonyl (C=O) groups is 1. The Morgan fingerprint density at radius 3 is 2.90 bits per heavy atom. The van der Waals surface area contributed by atoms with E-state index in [9.17, 15) is 9.90 Å². The van der Waals surface area contributed by atoms with Crippen LogP contribution < -0.4 is 5.32 Å². The predicted molar refractivity (Wildman–Crippen MR) is 73.4 cm³/mol. The zero-order valence-electron chi connectivity index (χ0n) is 11.0. The van der Waals surface area contributed by atoms with Crippen LogP contribution in [0.15, 0.2) is 28.7 Å². The zero-order chi connectivity index (χ0) is 13.7. The highest BCUT2D eigenvalue weighted by Crippen LogP contribution is 2.49. The molecule has 4 atom stereocenters. The Balaban J connectivity index is 1.62. The van der Waals surface area contributed by atoms with Gasteiger partial charge in [0.2, 0.25) is 0 Å². The number of benzene rings is 1. The third kappa shape index (κ3) is 1.69. The van der Waals surface area contributed by atoms with Crippen LogP contribution in [0.3, 0.4) is 0 Å². The number of fused-ring (bicyclic) bond motifs is 3. The molecule has 0 amide bonds. The molecule has 0 spiro atoms. The molecule has 2 bridgehead atoms. The summed E-state index contributed by atoms with van der Waals surface area (Å²) in [4.78, 5) is 15.9. The second-order valence-corrected chi connectivity index (χ2v) is 5.85. The summed E-state index contributed by atoms with van der Waals surface area (Å²) in [5, 5.41) is 12.7. The topological polar surface area (TPSA) is 75.4 Å². The van der Waals surface area contributed by atoms with Gasteiger partial charge in [0.05, 0.1) is 5.92 Å². The summed E-state index contributed by atoms with van der Waals surface area (Å²) in [6, 6.07) is 7.94. The van der Waals surface area contributed by atoms with Crippen molar-refractivity contribution in [2.75, 3.05) is 5.32 Å². The number of aliphatic carboxylic acids is 1. The molecule has 5 heteroatoms. The average molecular weight is 272 g/mol. The van der Waals surface area contributed by atoms with Gasteiger partial charge in [-0.25, -0.2) is 0 Å². The smallest absolute Gasteiger partial charge is 0.308 e. The second kappa shape index (κ2) is 4.23. The molecule has 104 valence electrons. The summed E-state index contributed by atoms with van der Waals surface area (Å²) < 4.78 is 5.65. The molecule has 1 aromatic heterocycles. The molecule has 0 aliphatic heterocycles. The molecule has 2 saturated carbocycles. The summed E-state index contributed by atoms with van der Waals surface area (Å²) in [5.41, 5.74) is 1.52. The van der Waals surface area contributed by atoms with E-state index < -0.39 is 5.97 Å². The van der Waals surface area contributed by atoms with Crippen LogP contribution in [-0.4, -0.2) is 22.1 Å². The van der Waals surface area contributed by atoms with Crippen LogP contribution in [0.25, 0.3) is 11.1 Å². The fourth-order valence-electron chi connectivity index (χ4n) is 3.93. The van der Waals surface area contributed by atoms with Crippen LogP contribution in [0.2, 0.25) is 0 Å². The maximum atomic E-state index is 11.5. The minimum Gasteiger partial charge on any atom is -0.481 e. The van der Waals surface area contributed by atoms with Gasteiger partial charge in [-0.3, -0.25) is 4.79 Å². The molecule has 4 rings (SSSR count). The molecule has 20 heavy (non-hydrogen) atoms. The molecule has 5 nitrogen and oxygen atoms in total. The molecule has 2 aliphatic rings. The first kappa shape index (κ1) is 11.8. The monoisotopic (exact) mass is 272 g/mol. The van der Waals surface area contributed by atoms with Crippen molar-refractivity contribution in [1.82, 2.24) is 4.98 Å². The van der Waals surface area contributed by atoms with Crippen LogP contribution in [0.1, 0.15) is 19.3 Å². The molecule has 0 saturated heterocycles. The summed E-state index contributed by atoms with van der Waals surface area (Å²) in [6.45, 7) is 0. The second-order valence-electron chi connectivity index (χ2n) is 5.85. The number of nitrogens with zero attached hydrogens (tertiary/aromatic N) is 1. The van der Waals surface area contributed by atoms with Gasteiger partial charge in [-0.05, 0) is 43.2 Å². The number of para-hydroxylation sites is 2. The maximum Gasteiger partial charge on any atom is 0.308 e. The van der Waals surface area contributed by atoms with Crippen molar-refractivity contribution in [2.45, 2.75) is 25.3 Å². The van der Waals surface area contributed by atoms with E-state index in [-0.39, 0.29) is 12.0 Å². The van der Waals surface area contributed by atoms with Crippen molar-refractivity contribution in [3.63, 3.8) is 0 Å². The quantitative estimate of drug-likeness (QED) is 0.898. The van der Waals surface area contributed by atoms with E-state index >= 15 is 0 Å². The van der Waals surface area contributed by atoms with E-state index in [4.69, 9.17) is 4.42 Å². The largest absolute Gasteiger partial charge is 0.481 e. The van der Waals surface area contributed by atoms with Gasteiger partial charge < -0.3 is 14.8 Å². The number of carboxylic acid groups (broad SMARTS) is 1. The van der Waals surface area contributed by atoms with Crippen LogP contribution in [-0.2, 0) is 4.79 Å². The Morgan fingerprint density at radius 1 is 1.30 bits per heavy atom. The molecule has 1 heterocycles. The first-order valence-corrected chi connectivity index (χ1v) is 7.07. The minimum atomic E-state index is -0.703. The Bertz CT molecular complexity index is 633. The molecule has 2 aliphatic carbocycles. The van der Waals surface area contributed by atoms with E-state index in [1.165, 1.54) is 0 Å². The highest BCUT2D eigenvalue weighted by atomic mass is 16.4. The highest BCUT2D eigenvalue weighted by Gasteiger charge is 2.51. The van der Waals surface area contributed by atoms with Crippen molar-refractivity contribution >= 4 is 23.1 Å². The number of oxazole rings is 1. The molecular weight excluding hydrogens is 256 g/mol. The van der Waals surface area contributed by atoms with Crippen molar-refractivity contribution in [3.05, 3.63) is 24.3 Å². The molecule has 2 aromatic rings. The Labute approximate surface area is 116 Å². The first-order chi connectivity index (χ1) is 9.72. The standard InChI is InChI=1S/C15H16N2O3/c18-14(19)12-8-5-6-9(7-8)13(12)17-15-16-10-3-1-2-4-11(10)20-15/h1-4,8-9,12-13H,5-7H2,(H,16,17)(H,18,19).